The van der Waals surface area contributed by atoms with E-state index in [1.165, 1.54) is 18.3 Å². The molecule has 0 aliphatic carbocycles. The van der Waals surface area contributed by atoms with Crippen LogP contribution in [0.5, 0.6) is 5.75 Å². The number of ether oxygens (including phenoxy) is 2. The standard InChI is InChI=1S/C25H26F3N3O4/c26-25(27,28)20-3-1-18(2-4-20)15-35-31-14-19-13-29-23-6-5-21(11-22(19)23)34-16-24(32)30-12-17-7-9-33-10-8-17/h1-6,11,13-14,17,29H,7-10,12,15-16H2,(H,30,32). The van der Waals surface area contributed by atoms with Crippen LogP contribution in [-0.4, -0.2) is 43.5 Å². The molecule has 0 unspecified atom stereocenters. The molecule has 0 radical (unpaired) electrons. The van der Waals surface area contributed by atoms with Gasteiger partial charge in [-0.2, -0.15) is 13.2 Å². The number of rotatable bonds is 9. The predicted octanol–water partition coefficient (Wildman–Crippen LogP) is 4.66. The molecule has 2 heterocycles. The number of hydrogen-bond donors (Lipinski definition) is 2. The average Bonchev–Trinajstić information content (AvgIpc) is 3.26. The molecular formula is C25H26F3N3O4. The number of hydrogen-bond acceptors (Lipinski definition) is 5. The van der Waals surface area contributed by atoms with Gasteiger partial charge in [-0.05, 0) is 54.7 Å². The molecule has 2 aromatic carbocycles. The van der Waals surface area contributed by atoms with Crippen molar-refractivity contribution in [1.82, 2.24) is 10.3 Å². The molecular weight excluding hydrogens is 463 g/mol. The van der Waals surface area contributed by atoms with Gasteiger partial charge in [0.15, 0.2) is 6.61 Å². The van der Waals surface area contributed by atoms with E-state index in [0.717, 1.165) is 54.7 Å². The molecule has 0 bridgehead atoms. The van der Waals surface area contributed by atoms with Crippen LogP contribution in [-0.2, 0) is 27.2 Å². The first kappa shape index (κ1) is 24.6. The van der Waals surface area contributed by atoms with Crippen LogP contribution in [0.25, 0.3) is 10.9 Å². The van der Waals surface area contributed by atoms with Crippen molar-refractivity contribution in [1.29, 1.82) is 0 Å². The third-order valence-corrected chi connectivity index (χ3v) is 5.76. The lowest BCUT2D eigenvalue weighted by Gasteiger charge is -2.22. The molecule has 2 N–H and O–H groups in total. The van der Waals surface area contributed by atoms with Gasteiger partial charge in [0.05, 0.1) is 11.8 Å². The minimum absolute atomic E-state index is 0.0361. The highest BCUT2D eigenvalue weighted by molar-refractivity contribution is 5.99. The summed E-state index contributed by atoms with van der Waals surface area (Å²) in [6.07, 6.45) is 0.782. The van der Waals surface area contributed by atoms with Gasteiger partial charge in [-0.1, -0.05) is 17.3 Å². The summed E-state index contributed by atoms with van der Waals surface area (Å²) in [4.78, 5) is 20.5. The van der Waals surface area contributed by atoms with E-state index in [0.29, 0.717) is 23.8 Å². The summed E-state index contributed by atoms with van der Waals surface area (Å²) >= 11 is 0. The number of benzene rings is 2. The van der Waals surface area contributed by atoms with Crippen molar-refractivity contribution in [3.63, 3.8) is 0 Å². The molecule has 3 aromatic rings. The fraction of sp³-hybridized carbons (Fsp3) is 0.360. The van der Waals surface area contributed by atoms with Crippen LogP contribution in [0.3, 0.4) is 0 Å². The third-order valence-electron chi connectivity index (χ3n) is 5.76. The van der Waals surface area contributed by atoms with Crippen LogP contribution in [0.1, 0.15) is 29.5 Å². The van der Waals surface area contributed by atoms with Gasteiger partial charge in [0, 0.05) is 42.4 Å². The molecule has 0 saturated carbocycles. The van der Waals surface area contributed by atoms with Crippen LogP contribution in [0.2, 0.25) is 0 Å². The van der Waals surface area contributed by atoms with E-state index in [2.05, 4.69) is 15.5 Å². The summed E-state index contributed by atoms with van der Waals surface area (Å²) in [5.41, 5.74) is 1.45. The molecule has 0 atom stereocenters. The van der Waals surface area contributed by atoms with E-state index in [1.54, 1.807) is 18.3 Å². The van der Waals surface area contributed by atoms with Gasteiger partial charge in [0.2, 0.25) is 0 Å². The lowest BCUT2D eigenvalue weighted by atomic mass is 10.0. The maximum Gasteiger partial charge on any atom is 0.416 e. The highest BCUT2D eigenvalue weighted by Gasteiger charge is 2.29. The first-order valence-electron chi connectivity index (χ1n) is 11.3. The lowest BCUT2D eigenvalue weighted by molar-refractivity contribution is -0.137. The van der Waals surface area contributed by atoms with E-state index >= 15 is 0 Å². The second-order valence-corrected chi connectivity index (χ2v) is 8.30. The first-order valence-corrected chi connectivity index (χ1v) is 11.3. The minimum Gasteiger partial charge on any atom is -0.484 e. The fourth-order valence-corrected chi connectivity index (χ4v) is 3.72. The maximum absolute atomic E-state index is 12.6. The lowest BCUT2D eigenvalue weighted by Crippen LogP contribution is -2.35. The molecule has 1 aliphatic rings. The van der Waals surface area contributed by atoms with Crippen molar-refractivity contribution < 1.29 is 32.3 Å². The van der Waals surface area contributed by atoms with Crippen molar-refractivity contribution in [3.05, 3.63) is 65.4 Å². The number of nitrogens with zero attached hydrogens (tertiary/aromatic N) is 1. The molecule has 186 valence electrons. The number of aromatic nitrogens is 1. The number of amides is 1. The number of aromatic amines is 1. The summed E-state index contributed by atoms with van der Waals surface area (Å²) in [6, 6.07) is 10.1. The molecule has 1 aliphatic heterocycles. The van der Waals surface area contributed by atoms with Gasteiger partial charge in [0.1, 0.15) is 12.4 Å². The van der Waals surface area contributed by atoms with E-state index < -0.39 is 11.7 Å². The highest BCUT2D eigenvalue weighted by atomic mass is 19.4. The molecule has 1 saturated heterocycles. The van der Waals surface area contributed by atoms with Crippen LogP contribution < -0.4 is 10.1 Å². The second kappa shape index (κ2) is 11.3. The van der Waals surface area contributed by atoms with Gasteiger partial charge < -0.3 is 24.6 Å². The number of alkyl halides is 3. The first-order chi connectivity index (χ1) is 16.9. The summed E-state index contributed by atoms with van der Waals surface area (Å²) < 4.78 is 48.9. The Morgan fingerprint density at radius 1 is 1.17 bits per heavy atom. The topological polar surface area (TPSA) is 84.9 Å². The quantitative estimate of drug-likeness (QED) is 0.338. The maximum atomic E-state index is 12.6. The number of fused-ring (bicyclic) bond motifs is 1. The Bertz CT molecular complexity index is 1150. The summed E-state index contributed by atoms with van der Waals surface area (Å²) in [6.45, 7) is 2.04. The zero-order valence-electron chi connectivity index (χ0n) is 18.9. The Labute approximate surface area is 200 Å². The number of carbonyl (C=O) groups excluding carboxylic acids is 1. The van der Waals surface area contributed by atoms with Gasteiger partial charge in [-0.15, -0.1) is 0 Å². The Morgan fingerprint density at radius 3 is 2.69 bits per heavy atom. The van der Waals surface area contributed by atoms with Crippen molar-refractivity contribution in [2.24, 2.45) is 11.1 Å². The van der Waals surface area contributed by atoms with Gasteiger partial charge in [-0.25, -0.2) is 0 Å². The Kier molecular flexibility index (Phi) is 7.91. The van der Waals surface area contributed by atoms with Crippen LogP contribution in [0.4, 0.5) is 13.2 Å². The second-order valence-electron chi connectivity index (χ2n) is 8.30. The van der Waals surface area contributed by atoms with Crippen molar-refractivity contribution >= 4 is 23.0 Å². The number of carbonyl (C=O) groups is 1. The normalized spacial score (nSPS) is 14.9. The van der Waals surface area contributed by atoms with Crippen LogP contribution in [0.15, 0.2) is 53.8 Å². The fourth-order valence-electron chi connectivity index (χ4n) is 3.72. The Hall–Kier alpha value is -3.53. The monoisotopic (exact) mass is 489 g/mol. The summed E-state index contributed by atoms with van der Waals surface area (Å²) in [7, 11) is 0. The largest absolute Gasteiger partial charge is 0.484 e. The minimum atomic E-state index is -4.37. The number of nitrogens with one attached hydrogen (secondary N) is 2. The average molecular weight is 489 g/mol. The summed E-state index contributed by atoms with van der Waals surface area (Å²) in [5, 5.41) is 7.65. The van der Waals surface area contributed by atoms with Crippen molar-refractivity contribution in [2.45, 2.75) is 25.6 Å². The zero-order valence-corrected chi connectivity index (χ0v) is 18.9. The Morgan fingerprint density at radius 2 is 1.94 bits per heavy atom. The molecule has 10 heteroatoms. The van der Waals surface area contributed by atoms with Crippen molar-refractivity contribution in [2.75, 3.05) is 26.4 Å². The zero-order chi connectivity index (χ0) is 24.7. The smallest absolute Gasteiger partial charge is 0.416 e. The molecule has 0 spiro atoms. The number of H-pyrrole nitrogens is 1. The van der Waals surface area contributed by atoms with E-state index in [9.17, 15) is 18.0 Å². The van der Waals surface area contributed by atoms with Crippen LogP contribution in [0, 0.1) is 5.92 Å². The number of halogens is 3. The van der Waals surface area contributed by atoms with Crippen molar-refractivity contribution in [3.8, 4) is 5.75 Å². The predicted molar refractivity (Wildman–Crippen MR) is 124 cm³/mol. The van der Waals surface area contributed by atoms with Gasteiger partial charge in [0.25, 0.3) is 5.91 Å². The van der Waals surface area contributed by atoms with E-state index in [1.807, 2.05) is 6.07 Å². The van der Waals surface area contributed by atoms with Crippen LogP contribution >= 0.6 is 0 Å². The van der Waals surface area contributed by atoms with E-state index in [-0.39, 0.29) is 19.1 Å². The molecule has 7 nitrogen and oxygen atoms in total. The molecule has 35 heavy (non-hydrogen) atoms. The molecule has 1 aromatic heterocycles. The third kappa shape index (κ3) is 6.98. The molecule has 1 fully saturated rings. The Balaban J connectivity index is 1.28. The van der Waals surface area contributed by atoms with Gasteiger partial charge in [-0.3, -0.25) is 4.79 Å². The van der Waals surface area contributed by atoms with E-state index in [4.69, 9.17) is 14.3 Å². The SMILES string of the molecule is O=C(COc1ccc2[nH]cc(C=NOCc3ccc(C(F)(F)F)cc3)c2c1)NCC1CCOCC1. The number of oxime groups is 1. The molecule has 1 amide bonds. The van der Waals surface area contributed by atoms with Gasteiger partial charge >= 0.3 is 6.18 Å². The summed E-state index contributed by atoms with van der Waals surface area (Å²) in [5.74, 6) is 0.801. The highest BCUT2D eigenvalue weighted by Crippen LogP contribution is 2.29. The molecule has 4 rings (SSSR count).